The minimum Gasteiger partial charge on any atom is -0.369 e. The van der Waals surface area contributed by atoms with Gasteiger partial charge in [0, 0.05) is 11.5 Å². The lowest BCUT2D eigenvalue weighted by molar-refractivity contribution is -0.123. The summed E-state index contributed by atoms with van der Waals surface area (Å²) in [6.07, 6.45) is 7.02. The molecule has 4 unspecified atom stereocenters. The Balaban J connectivity index is 1.96. The predicted octanol–water partition coefficient (Wildman–Crippen LogP) is 2.06. The second kappa shape index (κ2) is 4.97. The first-order chi connectivity index (χ1) is 8.13. The van der Waals surface area contributed by atoms with Crippen molar-refractivity contribution in [1.29, 1.82) is 0 Å². The SMILES string of the molecule is CCCC(CC)C1CC12CC(C(N)=O)CCN2. The number of primary amides is 1. The van der Waals surface area contributed by atoms with E-state index in [9.17, 15) is 4.79 Å². The van der Waals surface area contributed by atoms with E-state index < -0.39 is 0 Å². The highest BCUT2D eigenvalue weighted by atomic mass is 16.1. The normalized spacial score (nSPS) is 38.0. The number of amides is 1. The molecule has 2 aliphatic rings. The number of piperidine rings is 1. The minimum atomic E-state index is -0.0972. The van der Waals surface area contributed by atoms with Crippen LogP contribution in [0.4, 0.5) is 0 Å². The van der Waals surface area contributed by atoms with Gasteiger partial charge < -0.3 is 11.1 Å². The molecular formula is C14H26N2O. The van der Waals surface area contributed by atoms with Gasteiger partial charge in [-0.15, -0.1) is 0 Å². The van der Waals surface area contributed by atoms with Crippen LogP contribution in [0.5, 0.6) is 0 Å². The Morgan fingerprint density at radius 2 is 2.24 bits per heavy atom. The summed E-state index contributed by atoms with van der Waals surface area (Å²) >= 11 is 0. The van der Waals surface area contributed by atoms with Crippen molar-refractivity contribution in [3.63, 3.8) is 0 Å². The molecule has 0 aromatic carbocycles. The molecule has 1 heterocycles. The van der Waals surface area contributed by atoms with Gasteiger partial charge in [0.05, 0.1) is 0 Å². The molecule has 1 saturated carbocycles. The lowest BCUT2D eigenvalue weighted by Crippen LogP contribution is -2.46. The average molecular weight is 238 g/mol. The van der Waals surface area contributed by atoms with Gasteiger partial charge in [0.15, 0.2) is 0 Å². The Hall–Kier alpha value is -0.570. The van der Waals surface area contributed by atoms with E-state index in [2.05, 4.69) is 19.2 Å². The number of nitrogens with two attached hydrogens (primary N) is 1. The maximum atomic E-state index is 11.3. The molecule has 0 aromatic rings. The fraction of sp³-hybridized carbons (Fsp3) is 0.929. The zero-order chi connectivity index (χ0) is 12.5. The number of carbonyl (C=O) groups is 1. The third-order valence-corrected chi connectivity index (χ3v) is 4.87. The molecule has 1 saturated heterocycles. The summed E-state index contributed by atoms with van der Waals surface area (Å²) in [5.41, 5.74) is 5.73. The summed E-state index contributed by atoms with van der Waals surface area (Å²) in [5.74, 6) is 1.63. The maximum absolute atomic E-state index is 11.3. The quantitative estimate of drug-likeness (QED) is 0.770. The number of rotatable bonds is 5. The van der Waals surface area contributed by atoms with Crippen LogP contribution in [0.2, 0.25) is 0 Å². The van der Waals surface area contributed by atoms with E-state index in [1.165, 1.54) is 25.7 Å². The lowest BCUT2D eigenvalue weighted by Gasteiger charge is -2.31. The van der Waals surface area contributed by atoms with Crippen LogP contribution in [-0.4, -0.2) is 18.0 Å². The van der Waals surface area contributed by atoms with Crippen molar-refractivity contribution in [3.8, 4) is 0 Å². The third kappa shape index (κ3) is 2.49. The van der Waals surface area contributed by atoms with Crippen LogP contribution in [0.15, 0.2) is 0 Å². The highest BCUT2D eigenvalue weighted by molar-refractivity contribution is 5.77. The molecule has 3 N–H and O–H groups in total. The summed E-state index contributed by atoms with van der Waals surface area (Å²) in [6.45, 7) is 5.52. The van der Waals surface area contributed by atoms with E-state index in [4.69, 9.17) is 5.73 Å². The monoisotopic (exact) mass is 238 g/mol. The molecule has 3 nitrogen and oxygen atoms in total. The summed E-state index contributed by atoms with van der Waals surface area (Å²) in [4.78, 5) is 11.3. The topological polar surface area (TPSA) is 55.1 Å². The van der Waals surface area contributed by atoms with Crippen molar-refractivity contribution in [2.75, 3.05) is 6.54 Å². The Morgan fingerprint density at radius 1 is 1.47 bits per heavy atom. The molecule has 0 bridgehead atoms. The molecule has 4 atom stereocenters. The van der Waals surface area contributed by atoms with Gasteiger partial charge >= 0.3 is 0 Å². The molecular weight excluding hydrogens is 212 g/mol. The first kappa shape index (κ1) is 12.9. The van der Waals surface area contributed by atoms with Crippen molar-refractivity contribution in [2.24, 2.45) is 23.5 Å². The van der Waals surface area contributed by atoms with Crippen LogP contribution in [0, 0.1) is 17.8 Å². The summed E-state index contributed by atoms with van der Waals surface area (Å²) < 4.78 is 0. The highest BCUT2D eigenvalue weighted by Crippen LogP contribution is 2.55. The standard InChI is InChI=1S/C14H26N2O/c1-3-5-10(4-2)12-9-14(12)8-11(13(15)17)6-7-16-14/h10-12,16H,3-9H2,1-2H3,(H2,15,17). The lowest BCUT2D eigenvalue weighted by atomic mass is 9.85. The Labute approximate surface area is 105 Å². The van der Waals surface area contributed by atoms with E-state index in [1.54, 1.807) is 0 Å². The number of hydrogen-bond acceptors (Lipinski definition) is 2. The summed E-state index contributed by atoms with van der Waals surface area (Å²) in [5, 5.41) is 3.67. The zero-order valence-corrected chi connectivity index (χ0v) is 11.2. The molecule has 1 aliphatic heterocycles. The Morgan fingerprint density at radius 3 is 2.82 bits per heavy atom. The van der Waals surface area contributed by atoms with Crippen LogP contribution in [0.1, 0.15) is 52.4 Å². The number of hydrogen-bond donors (Lipinski definition) is 2. The Kier molecular flexibility index (Phi) is 3.76. The first-order valence-corrected chi connectivity index (χ1v) is 7.17. The summed E-state index contributed by atoms with van der Waals surface area (Å²) in [6, 6.07) is 0. The van der Waals surface area contributed by atoms with E-state index in [1.807, 2.05) is 0 Å². The van der Waals surface area contributed by atoms with E-state index in [0.717, 1.165) is 31.2 Å². The maximum Gasteiger partial charge on any atom is 0.220 e. The highest BCUT2D eigenvalue weighted by Gasteiger charge is 2.58. The van der Waals surface area contributed by atoms with Crippen LogP contribution >= 0.6 is 0 Å². The molecule has 17 heavy (non-hydrogen) atoms. The number of carbonyl (C=O) groups excluding carboxylic acids is 1. The molecule has 0 aromatic heterocycles. The van der Waals surface area contributed by atoms with Crippen LogP contribution in [0.3, 0.4) is 0 Å². The molecule has 98 valence electrons. The van der Waals surface area contributed by atoms with Crippen LogP contribution < -0.4 is 11.1 Å². The second-order valence-electron chi connectivity index (χ2n) is 5.94. The molecule has 1 spiro atoms. The Bertz CT molecular complexity index is 292. The van der Waals surface area contributed by atoms with Gasteiger partial charge in [-0.25, -0.2) is 0 Å². The van der Waals surface area contributed by atoms with Crippen molar-refractivity contribution in [3.05, 3.63) is 0 Å². The zero-order valence-electron chi connectivity index (χ0n) is 11.2. The largest absolute Gasteiger partial charge is 0.369 e. The molecule has 2 fully saturated rings. The van der Waals surface area contributed by atoms with Crippen molar-refractivity contribution in [1.82, 2.24) is 5.32 Å². The molecule has 3 heteroatoms. The van der Waals surface area contributed by atoms with Gasteiger partial charge in [0.1, 0.15) is 0 Å². The van der Waals surface area contributed by atoms with Crippen molar-refractivity contribution >= 4 is 5.91 Å². The van der Waals surface area contributed by atoms with Gasteiger partial charge in [0.25, 0.3) is 0 Å². The van der Waals surface area contributed by atoms with Crippen LogP contribution in [-0.2, 0) is 4.79 Å². The summed E-state index contributed by atoms with van der Waals surface area (Å²) in [7, 11) is 0. The second-order valence-corrected chi connectivity index (χ2v) is 5.94. The van der Waals surface area contributed by atoms with Crippen molar-refractivity contribution < 1.29 is 4.79 Å². The smallest absolute Gasteiger partial charge is 0.220 e. The predicted molar refractivity (Wildman–Crippen MR) is 69.4 cm³/mol. The number of nitrogens with one attached hydrogen (secondary N) is 1. The third-order valence-electron chi connectivity index (χ3n) is 4.87. The van der Waals surface area contributed by atoms with Gasteiger partial charge in [0.2, 0.25) is 5.91 Å². The molecule has 0 radical (unpaired) electrons. The van der Waals surface area contributed by atoms with Gasteiger partial charge in [-0.1, -0.05) is 33.1 Å². The van der Waals surface area contributed by atoms with Gasteiger partial charge in [-0.05, 0) is 37.6 Å². The molecule has 1 amide bonds. The first-order valence-electron chi connectivity index (χ1n) is 7.17. The fourth-order valence-corrected chi connectivity index (χ4v) is 3.80. The van der Waals surface area contributed by atoms with E-state index in [-0.39, 0.29) is 17.4 Å². The van der Waals surface area contributed by atoms with Gasteiger partial charge in [-0.3, -0.25) is 4.79 Å². The fourth-order valence-electron chi connectivity index (χ4n) is 3.80. The van der Waals surface area contributed by atoms with Gasteiger partial charge in [-0.2, -0.15) is 0 Å². The van der Waals surface area contributed by atoms with E-state index >= 15 is 0 Å². The van der Waals surface area contributed by atoms with E-state index in [0.29, 0.717) is 0 Å². The average Bonchev–Trinajstić information content (AvgIpc) is 2.99. The van der Waals surface area contributed by atoms with Crippen LogP contribution in [0.25, 0.3) is 0 Å². The molecule has 1 aliphatic carbocycles. The molecule has 2 rings (SSSR count). The minimum absolute atomic E-state index is 0.0972. The van der Waals surface area contributed by atoms with Crippen molar-refractivity contribution in [2.45, 2.75) is 57.9 Å².